The first-order valence-electron chi connectivity index (χ1n) is 5.44. The minimum Gasteiger partial charge on any atom is -0.373 e. The summed E-state index contributed by atoms with van der Waals surface area (Å²) in [4.78, 5) is 13.6. The van der Waals surface area contributed by atoms with Crippen LogP contribution in [0.1, 0.15) is 28.8 Å². The van der Waals surface area contributed by atoms with Gasteiger partial charge in [0.1, 0.15) is 6.23 Å². The van der Waals surface area contributed by atoms with Gasteiger partial charge in [-0.05, 0) is 36.6 Å². The number of nitrogens with zero attached hydrogens (tertiary/aromatic N) is 1. The van der Waals surface area contributed by atoms with E-state index in [1.165, 1.54) is 0 Å². The van der Waals surface area contributed by atoms with Crippen molar-refractivity contribution in [3.8, 4) is 0 Å². The van der Waals surface area contributed by atoms with Crippen molar-refractivity contribution in [1.82, 2.24) is 4.90 Å². The molecule has 1 aromatic carbocycles. The maximum Gasteiger partial charge on any atom is 0.256 e. The summed E-state index contributed by atoms with van der Waals surface area (Å²) in [5.41, 5.74) is 1.72. The van der Waals surface area contributed by atoms with Crippen LogP contribution in [0.2, 0.25) is 0 Å². The lowest BCUT2D eigenvalue weighted by Gasteiger charge is -2.22. The second-order valence-electron chi connectivity index (χ2n) is 4.49. The van der Waals surface area contributed by atoms with Crippen LogP contribution in [0.25, 0.3) is 0 Å². The zero-order valence-electron chi connectivity index (χ0n) is 8.69. The number of fused-ring (bicyclic) bond motifs is 1. The Balaban J connectivity index is 1.90. The third kappa shape index (κ3) is 1.57. The van der Waals surface area contributed by atoms with Crippen LogP contribution in [0.3, 0.4) is 0 Å². The number of rotatable bonds is 2. The van der Waals surface area contributed by atoms with Crippen molar-refractivity contribution in [3.05, 3.63) is 33.8 Å². The van der Waals surface area contributed by atoms with Gasteiger partial charge < -0.3 is 10.0 Å². The Morgan fingerprint density at radius 3 is 2.88 bits per heavy atom. The second kappa shape index (κ2) is 3.57. The van der Waals surface area contributed by atoms with Crippen molar-refractivity contribution in [2.75, 3.05) is 0 Å². The van der Waals surface area contributed by atoms with E-state index in [9.17, 15) is 9.90 Å². The fourth-order valence-corrected chi connectivity index (χ4v) is 2.58. The zero-order chi connectivity index (χ0) is 11.3. The normalized spacial score (nSPS) is 21.1. The van der Waals surface area contributed by atoms with Crippen LogP contribution in [0, 0.1) is 5.92 Å². The summed E-state index contributed by atoms with van der Waals surface area (Å²) in [6.45, 7) is 0.533. The van der Waals surface area contributed by atoms with Crippen LogP contribution >= 0.6 is 15.9 Å². The van der Waals surface area contributed by atoms with Crippen molar-refractivity contribution in [2.45, 2.75) is 25.6 Å². The van der Waals surface area contributed by atoms with E-state index in [1.54, 1.807) is 4.90 Å². The average molecular weight is 282 g/mol. The highest BCUT2D eigenvalue weighted by Crippen LogP contribution is 2.37. The van der Waals surface area contributed by atoms with Crippen LogP contribution in [0.15, 0.2) is 22.7 Å². The molecule has 0 radical (unpaired) electrons. The van der Waals surface area contributed by atoms with Gasteiger partial charge in [0.05, 0.1) is 0 Å². The third-order valence-corrected chi connectivity index (χ3v) is 3.76. The van der Waals surface area contributed by atoms with Crippen LogP contribution in [-0.2, 0) is 6.54 Å². The molecular weight excluding hydrogens is 270 g/mol. The fraction of sp³-hybridized carbons (Fsp3) is 0.417. The molecule has 0 saturated heterocycles. The first kappa shape index (κ1) is 10.3. The number of hydrogen-bond donors (Lipinski definition) is 1. The van der Waals surface area contributed by atoms with E-state index in [4.69, 9.17) is 0 Å². The first-order valence-corrected chi connectivity index (χ1v) is 6.23. The van der Waals surface area contributed by atoms with E-state index in [2.05, 4.69) is 15.9 Å². The molecule has 1 aliphatic carbocycles. The summed E-state index contributed by atoms with van der Waals surface area (Å²) < 4.78 is 0.974. The molecule has 1 N–H and O–H groups in total. The van der Waals surface area contributed by atoms with Crippen molar-refractivity contribution in [1.29, 1.82) is 0 Å². The summed E-state index contributed by atoms with van der Waals surface area (Å²) >= 11 is 3.39. The Morgan fingerprint density at radius 2 is 2.19 bits per heavy atom. The minimum atomic E-state index is -0.598. The van der Waals surface area contributed by atoms with Gasteiger partial charge in [0.15, 0.2) is 0 Å². The molecule has 1 fully saturated rings. The minimum absolute atomic E-state index is 0.0399. The molecule has 0 bridgehead atoms. The summed E-state index contributed by atoms with van der Waals surface area (Å²) in [7, 11) is 0. The van der Waals surface area contributed by atoms with Gasteiger partial charge >= 0.3 is 0 Å². The molecular formula is C12H12BrNO2. The van der Waals surface area contributed by atoms with Gasteiger partial charge in [-0.2, -0.15) is 0 Å². The summed E-state index contributed by atoms with van der Waals surface area (Å²) in [6.07, 6.45) is 1.47. The fourth-order valence-electron chi connectivity index (χ4n) is 2.17. The third-order valence-electron chi connectivity index (χ3n) is 3.26. The van der Waals surface area contributed by atoms with Crippen molar-refractivity contribution < 1.29 is 9.90 Å². The second-order valence-corrected chi connectivity index (χ2v) is 5.40. The number of carbonyl (C=O) groups is 1. The number of carbonyl (C=O) groups excluding carboxylic acids is 1. The van der Waals surface area contributed by atoms with Gasteiger partial charge in [-0.1, -0.05) is 15.9 Å². The van der Waals surface area contributed by atoms with E-state index in [0.717, 1.165) is 28.4 Å². The van der Waals surface area contributed by atoms with E-state index >= 15 is 0 Å². The lowest BCUT2D eigenvalue weighted by molar-refractivity contribution is -0.00326. The van der Waals surface area contributed by atoms with Crippen molar-refractivity contribution >= 4 is 21.8 Å². The smallest absolute Gasteiger partial charge is 0.256 e. The highest BCUT2D eigenvalue weighted by molar-refractivity contribution is 9.10. The van der Waals surface area contributed by atoms with Crippen LogP contribution in [-0.4, -0.2) is 22.1 Å². The topological polar surface area (TPSA) is 40.5 Å². The van der Waals surface area contributed by atoms with Crippen LogP contribution in [0.5, 0.6) is 0 Å². The van der Waals surface area contributed by atoms with Gasteiger partial charge in [-0.25, -0.2) is 0 Å². The molecule has 4 heteroatoms. The maximum absolute atomic E-state index is 12.0. The van der Waals surface area contributed by atoms with Crippen LogP contribution < -0.4 is 0 Å². The molecule has 1 heterocycles. The molecule has 16 heavy (non-hydrogen) atoms. The predicted octanol–water partition coefficient (Wildman–Crippen LogP) is 2.13. The Labute approximate surface area is 102 Å². The van der Waals surface area contributed by atoms with Gasteiger partial charge in [-0.3, -0.25) is 4.79 Å². The van der Waals surface area contributed by atoms with Crippen molar-refractivity contribution in [3.63, 3.8) is 0 Å². The summed E-state index contributed by atoms with van der Waals surface area (Å²) in [5.74, 6) is 0.253. The molecule has 84 valence electrons. The molecule has 2 aliphatic rings. The number of hydrogen-bond acceptors (Lipinski definition) is 2. The molecule has 1 amide bonds. The molecule has 1 aliphatic heterocycles. The number of aliphatic hydroxyl groups is 1. The number of amides is 1. The average Bonchev–Trinajstić information content (AvgIpc) is 3.04. The molecule has 1 atom stereocenters. The van der Waals surface area contributed by atoms with Gasteiger partial charge in [0.25, 0.3) is 5.91 Å². The lowest BCUT2D eigenvalue weighted by atomic mass is 10.1. The number of halogens is 1. The van der Waals surface area contributed by atoms with Gasteiger partial charge in [0, 0.05) is 22.5 Å². The van der Waals surface area contributed by atoms with E-state index in [1.807, 2.05) is 18.2 Å². The molecule has 3 nitrogen and oxygen atoms in total. The predicted molar refractivity (Wildman–Crippen MR) is 62.7 cm³/mol. The van der Waals surface area contributed by atoms with E-state index < -0.39 is 6.23 Å². The van der Waals surface area contributed by atoms with Gasteiger partial charge in [0.2, 0.25) is 0 Å². The Kier molecular flexibility index (Phi) is 2.30. The standard InChI is InChI=1S/C12H12BrNO2/c13-9-3-4-10-8(5-9)6-14(12(10)16)11(15)7-1-2-7/h3-5,7,11,15H,1-2,6H2. The first-order chi connectivity index (χ1) is 7.66. The molecule has 1 unspecified atom stereocenters. The van der Waals surface area contributed by atoms with Crippen molar-refractivity contribution in [2.24, 2.45) is 5.92 Å². The molecule has 0 aromatic heterocycles. The van der Waals surface area contributed by atoms with E-state index in [-0.39, 0.29) is 5.91 Å². The summed E-state index contributed by atoms with van der Waals surface area (Å²) in [5, 5.41) is 9.99. The number of aliphatic hydroxyl groups excluding tert-OH is 1. The highest BCUT2D eigenvalue weighted by atomic mass is 79.9. The summed E-state index contributed by atoms with van der Waals surface area (Å²) in [6, 6.07) is 5.64. The Bertz CT molecular complexity index is 456. The molecule has 3 rings (SSSR count). The quantitative estimate of drug-likeness (QED) is 0.902. The lowest BCUT2D eigenvalue weighted by Crippen LogP contribution is -2.36. The highest BCUT2D eigenvalue weighted by Gasteiger charge is 2.39. The Hall–Kier alpha value is -0.870. The number of benzene rings is 1. The SMILES string of the molecule is O=C1c2ccc(Br)cc2CN1C(O)C1CC1. The van der Waals surface area contributed by atoms with Crippen LogP contribution in [0.4, 0.5) is 0 Å². The molecule has 0 spiro atoms. The molecule has 1 aromatic rings. The van der Waals surface area contributed by atoms with Gasteiger partial charge in [-0.15, -0.1) is 0 Å². The van der Waals surface area contributed by atoms with E-state index in [0.29, 0.717) is 12.5 Å². The Morgan fingerprint density at radius 1 is 1.44 bits per heavy atom. The zero-order valence-corrected chi connectivity index (χ0v) is 10.3. The maximum atomic E-state index is 12.0. The monoisotopic (exact) mass is 281 g/mol. The largest absolute Gasteiger partial charge is 0.373 e. The molecule has 1 saturated carbocycles.